The lowest BCUT2D eigenvalue weighted by Crippen LogP contribution is -2.57. The van der Waals surface area contributed by atoms with Gasteiger partial charge in [-0.05, 0) is 44.2 Å². The predicted octanol–water partition coefficient (Wildman–Crippen LogP) is -1.82. The minimum atomic E-state index is -1.36. The molecule has 0 radical (unpaired) electrons. The summed E-state index contributed by atoms with van der Waals surface area (Å²) in [5.74, 6) is -4.22. The zero-order valence-corrected chi connectivity index (χ0v) is 20.9. The number of hydrogen-bond donors (Lipinski definition) is 8. The quantitative estimate of drug-likeness (QED) is 0.0983. The van der Waals surface area contributed by atoms with Crippen LogP contribution in [0.3, 0.4) is 0 Å². The van der Waals surface area contributed by atoms with Gasteiger partial charge in [0.1, 0.15) is 18.1 Å². The molecule has 3 amide bonds. The summed E-state index contributed by atoms with van der Waals surface area (Å²) in [6.45, 7) is 0.368. The van der Waals surface area contributed by atoms with Crippen LogP contribution in [-0.2, 0) is 30.4 Å². The SMILES string of the molecule is CSCCC(NC(=O)C(CCCCN)NC(=O)C(N)CC(=O)O)C(=O)NC(Cc1cnc[nH]1)C(=O)O. The standard InChI is InChI=1S/C21H35N7O7S/c1-36-7-5-15(20(33)28-16(21(34)35)8-12-10-24-11-25-12)27-19(32)14(4-2-3-6-22)26-18(31)13(23)9-17(29)30/h10-11,13-16H,2-9,22-23H2,1H3,(H,24,25)(H,26,31)(H,27,32)(H,28,33)(H,29,30)(H,34,35). The lowest BCUT2D eigenvalue weighted by atomic mass is 10.1. The maximum Gasteiger partial charge on any atom is 0.326 e. The van der Waals surface area contributed by atoms with Gasteiger partial charge < -0.3 is 42.6 Å². The summed E-state index contributed by atoms with van der Waals surface area (Å²) in [5.41, 5.74) is 11.6. The summed E-state index contributed by atoms with van der Waals surface area (Å²) in [5, 5.41) is 25.9. The van der Waals surface area contributed by atoms with Crippen molar-refractivity contribution in [3.63, 3.8) is 0 Å². The second-order valence-electron chi connectivity index (χ2n) is 8.07. The molecule has 4 atom stereocenters. The van der Waals surface area contributed by atoms with Crippen molar-refractivity contribution in [3.8, 4) is 0 Å². The van der Waals surface area contributed by atoms with E-state index in [-0.39, 0.29) is 19.3 Å². The molecule has 0 bridgehead atoms. The highest BCUT2D eigenvalue weighted by molar-refractivity contribution is 7.98. The molecule has 0 aliphatic heterocycles. The van der Waals surface area contributed by atoms with Crippen molar-refractivity contribution in [1.82, 2.24) is 25.9 Å². The molecule has 0 spiro atoms. The third kappa shape index (κ3) is 11.5. The molecular weight excluding hydrogens is 494 g/mol. The van der Waals surface area contributed by atoms with E-state index in [1.165, 1.54) is 24.3 Å². The number of H-pyrrole nitrogens is 1. The van der Waals surface area contributed by atoms with E-state index in [0.29, 0.717) is 30.8 Å². The Morgan fingerprint density at radius 3 is 2.14 bits per heavy atom. The van der Waals surface area contributed by atoms with Crippen LogP contribution in [0.4, 0.5) is 0 Å². The highest BCUT2D eigenvalue weighted by Crippen LogP contribution is 2.07. The van der Waals surface area contributed by atoms with Gasteiger partial charge in [-0.15, -0.1) is 0 Å². The maximum absolute atomic E-state index is 13.0. The monoisotopic (exact) mass is 529 g/mol. The van der Waals surface area contributed by atoms with Gasteiger partial charge in [-0.3, -0.25) is 19.2 Å². The average Bonchev–Trinajstić information content (AvgIpc) is 3.33. The first kappa shape index (κ1) is 30.9. The number of aliphatic carboxylic acids is 2. The zero-order valence-electron chi connectivity index (χ0n) is 20.1. The van der Waals surface area contributed by atoms with Crippen molar-refractivity contribution in [3.05, 3.63) is 18.2 Å². The van der Waals surface area contributed by atoms with E-state index in [2.05, 4.69) is 25.9 Å². The number of nitrogens with one attached hydrogen (secondary N) is 4. The number of amides is 3. The number of carbonyl (C=O) groups is 5. The molecule has 202 valence electrons. The third-order valence-electron chi connectivity index (χ3n) is 5.15. The number of thioether (sulfide) groups is 1. The summed E-state index contributed by atoms with van der Waals surface area (Å²) in [6, 6.07) is -4.79. The Morgan fingerprint density at radius 2 is 1.61 bits per heavy atom. The lowest BCUT2D eigenvalue weighted by molar-refractivity contribution is -0.142. The maximum atomic E-state index is 13.0. The van der Waals surface area contributed by atoms with Crippen LogP contribution >= 0.6 is 11.8 Å². The third-order valence-corrected chi connectivity index (χ3v) is 5.79. The minimum Gasteiger partial charge on any atom is -0.481 e. The van der Waals surface area contributed by atoms with Crippen LogP contribution < -0.4 is 27.4 Å². The van der Waals surface area contributed by atoms with E-state index in [4.69, 9.17) is 16.6 Å². The molecule has 0 saturated heterocycles. The Balaban J connectivity index is 2.95. The van der Waals surface area contributed by atoms with Gasteiger partial charge in [0.2, 0.25) is 17.7 Å². The van der Waals surface area contributed by atoms with Gasteiger partial charge in [0, 0.05) is 18.3 Å². The summed E-state index contributed by atoms with van der Waals surface area (Å²) in [4.78, 5) is 67.5. The van der Waals surface area contributed by atoms with Crippen LogP contribution in [0.1, 0.15) is 37.8 Å². The van der Waals surface area contributed by atoms with Gasteiger partial charge in [-0.2, -0.15) is 11.8 Å². The lowest BCUT2D eigenvalue weighted by Gasteiger charge is -2.25. The number of carboxylic acid groups (broad SMARTS) is 2. The Bertz CT molecular complexity index is 869. The molecule has 1 rings (SSSR count). The Hall–Kier alpha value is -3.17. The molecule has 0 aliphatic rings. The fourth-order valence-electron chi connectivity index (χ4n) is 3.19. The number of imidazole rings is 1. The topological polar surface area (TPSA) is 243 Å². The van der Waals surface area contributed by atoms with Crippen molar-refractivity contribution in [2.24, 2.45) is 11.5 Å². The van der Waals surface area contributed by atoms with Crippen LogP contribution in [0.2, 0.25) is 0 Å². The molecule has 14 nitrogen and oxygen atoms in total. The molecule has 1 heterocycles. The average molecular weight is 530 g/mol. The minimum absolute atomic E-state index is 0.0382. The molecule has 0 fully saturated rings. The molecule has 15 heteroatoms. The first-order valence-electron chi connectivity index (χ1n) is 11.4. The Kier molecular flexibility index (Phi) is 14.1. The van der Waals surface area contributed by atoms with E-state index >= 15 is 0 Å². The van der Waals surface area contributed by atoms with Crippen LogP contribution in [0.25, 0.3) is 0 Å². The number of unbranched alkanes of at least 4 members (excludes halogenated alkanes) is 1. The second-order valence-corrected chi connectivity index (χ2v) is 9.06. The van der Waals surface area contributed by atoms with Crippen LogP contribution in [0.15, 0.2) is 12.5 Å². The second kappa shape index (κ2) is 16.5. The normalized spacial score (nSPS) is 14.2. The van der Waals surface area contributed by atoms with Crippen LogP contribution in [-0.4, -0.2) is 92.6 Å². The van der Waals surface area contributed by atoms with Gasteiger partial charge in [-0.25, -0.2) is 9.78 Å². The fourth-order valence-corrected chi connectivity index (χ4v) is 3.66. The van der Waals surface area contributed by atoms with Crippen molar-refractivity contribution in [1.29, 1.82) is 0 Å². The number of aromatic nitrogens is 2. The van der Waals surface area contributed by atoms with Crippen molar-refractivity contribution in [2.45, 2.75) is 62.7 Å². The number of nitrogens with two attached hydrogens (primary N) is 2. The Morgan fingerprint density at radius 1 is 1.00 bits per heavy atom. The summed E-state index contributed by atoms with van der Waals surface area (Å²) in [7, 11) is 0. The first-order chi connectivity index (χ1) is 17.1. The highest BCUT2D eigenvalue weighted by Gasteiger charge is 2.30. The van der Waals surface area contributed by atoms with Gasteiger partial charge >= 0.3 is 11.9 Å². The molecule has 0 aromatic carbocycles. The summed E-state index contributed by atoms with van der Waals surface area (Å²) >= 11 is 1.43. The zero-order chi connectivity index (χ0) is 27.1. The van der Waals surface area contributed by atoms with Crippen LogP contribution in [0, 0.1) is 0 Å². The van der Waals surface area contributed by atoms with Gasteiger partial charge in [0.05, 0.1) is 18.8 Å². The van der Waals surface area contributed by atoms with Gasteiger partial charge in [-0.1, -0.05) is 0 Å². The molecule has 0 aliphatic carbocycles. The number of nitrogens with zero attached hydrogens (tertiary/aromatic N) is 1. The van der Waals surface area contributed by atoms with Crippen molar-refractivity contribution in [2.75, 3.05) is 18.6 Å². The first-order valence-corrected chi connectivity index (χ1v) is 12.8. The van der Waals surface area contributed by atoms with E-state index in [9.17, 15) is 29.1 Å². The smallest absolute Gasteiger partial charge is 0.326 e. The van der Waals surface area contributed by atoms with Crippen molar-refractivity contribution >= 4 is 41.4 Å². The van der Waals surface area contributed by atoms with Gasteiger partial charge in [0.15, 0.2) is 0 Å². The van der Waals surface area contributed by atoms with Crippen LogP contribution in [0.5, 0.6) is 0 Å². The molecule has 1 aromatic rings. The molecule has 10 N–H and O–H groups in total. The van der Waals surface area contributed by atoms with Gasteiger partial charge in [0.25, 0.3) is 0 Å². The molecule has 1 aromatic heterocycles. The highest BCUT2D eigenvalue weighted by atomic mass is 32.2. The molecule has 4 unspecified atom stereocenters. The number of aromatic amines is 1. The van der Waals surface area contributed by atoms with E-state index in [1.54, 1.807) is 0 Å². The number of hydrogen-bond acceptors (Lipinski definition) is 9. The largest absolute Gasteiger partial charge is 0.481 e. The number of rotatable bonds is 18. The van der Waals surface area contributed by atoms with Crippen molar-refractivity contribution < 1.29 is 34.2 Å². The Labute approximate surface area is 212 Å². The summed E-state index contributed by atoms with van der Waals surface area (Å²) in [6.07, 6.45) is 5.44. The molecule has 36 heavy (non-hydrogen) atoms. The molecule has 0 saturated carbocycles. The predicted molar refractivity (Wildman–Crippen MR) is 132 cm³/mol. The van der Waals surface area contributed by atoms with E-state index < -0.39 is 60.2 Å². The summed E-state index contributed by atoms with van der Waals surface area (Å²) < 4.78 is 0. The van der Waals surface area contributed by atoms with E-state index in [0.717, 1.165) is 0 Å². The number of carboxylic acids is 2. The van der Waals surface area contributed by atoms with E-state index in [1.807, 2.05) is 6.26 Å². The number of carbonyl (C=O) groups excluding carboxylic acids is 3. The fraction of sp³-hybridized carbons (Fsp3) is 0.619. The molecular formula is C21H35N7O7S.